The number of hydrogen-bond acceptors (Lipinski definition) is 0. The van der Waals surface area contributed by atoms with Crippen LogP contribution in [-0.2, 0) is 0 Å². The Kier molecular flexibility index (Phi) is 1.38. The van der Waals surface area contributed by atoms with E-state index < -0.39 is 0 Å². The number of rotatable bonds is 0. The van der Waals surface area contributed by atoms with Crippen LogP contribution in [-0.4, -0.2) is 21.1 Å². The normalized spacial score (nSPS) is 20.8. The molecule has 2 radical (unpaired) electrons. The SMILES string of the molecule is C1=C[CH2][Sn][CH2]1. The van der Waals surface area contributed by atoms with Crippen LogP contribution in [0.2, 0.25) is 8.87 Å². The van der Waals surface area contributed by atoms with Gasteiger partial charge in [-0.05, 0) is 0 Å². The van der Waals surface area contributed by atoms with Crippen LogP contribution in [0.3, 0.4) is 0 Å². The summed E-state index contributed by atoms with van der Waals surface area (Å²) in [4.78, 5) is 0. The molecule has 0 saturated carbocycles. The van der Waals surface area contributed by atoms with Gasteiger partial charge in [-0.15, -0.1) is 0 Å². The fourth-order valence-electron chi connectivity index (χ4n) is 0.417. The molecule has 26 valence electrons. The van der Waals surface area contributed by atoms with Crippen molar-refractivity contribution in [2.24, 2.45) is 0 Å². The van der Waals surface area contributed by atoms with E-state index in [2.05, 4.69) is 12.2 Å². The maximum atomic E-state index is 2.31. The van der Waals surface area contributed by atoms with Crippen LogP contribution >= 0.6 is 0 Å². The van der Waals surface area contributed by atoms with Crippen LogP contribution in [0, 0.1) is 0 Å². The molecule has 0 aromatic rings. The second-order valence-electron chi connectivity index (χ2n) is 1.13. The second kappa shape index (κ2) is 1.85. The molecule has 0 nitrogen and oxygen atoms in total. The Morgan fingerprint density at radius 1 is 1.20 bits per heavy atom. The van der Waals surface area contributed by atoms with Gasteiger partial charge in [-0.3, -0.25) is 0 Å². The molecule has 1 aliphatic heterocycles. The molecule has 0 aromatic heterocycles. The molecule has 0 N–H and O–H groups in total. The van der Waals surface area contributed by atoms with Gasteiger partial charge in [0.25, 0.3) is 0 Å². The predicted molar refractivity (Wildman–Crippen MR) is 24.5 cm³/mol. The molecule has 1 heteroatoms. The minimum absolute atomic E-state index is 0.218. The van der Waals surface area contributed by atoms with Gasteiger partial charge in [-0.2, -0.15) is 0 Å². The van der Waals surface area contributed by atoms with Crippen molar-refractivity contribution in [3.8, 4) is 0 Å². The van der Waals surface area contributed by atoms with E-state index in [9.17, 15) is 0 Å². The van der Waals surface area contributed by atoms with Gasteiger partial charge in [-0.25, -0.2) is 0 Å². The Morgan fingerprint density at radius 3 is 2.00 bits per heavy atom. The molecule has 0 aliphatic carbocycles. The van der Waals surface area contributed by atoms with Gasteiger partial charge >= 0.3 is 42.2 Å². The van der Waals surface area contributed by atoms with Crippen LogP contribution in [0.25, 0.3) is 0 Å². The van der Waals surface area contributed by atoms with Crippen molar-refractivity contribution >= 4 is 21.1 Å². The molecule has 0 bridgehead atoms. The van der Waals surface area contributed by atoms with Crippen LogP contribution in [0.15, 0.2) is 12.2 Å². The summed E-state index contributed by atoms with van der Waals surface area (Å²) in [6.07, 6.45) is 4.62. The van der Waals surface area contributed by atoms with E-state index >= 15 is 0 Å². The predicted octanol–water partition coefficient (Wildman–Crippen LogP) is 1.10. The molecular weight excluding hydrogens is 167 g/mol. The molecule has 1 heterocycles. The van der Waals surface area contributed by atoms with Crippen LogP contribution < -0.4 is 0 Å². The standard InChI is InChI=1S/C4H6.Sn/c1-3-4-2;/h3-4H,1-2H2;. The van der Waals surface area contributed by atoms with E-state index in [4.69, 9.17) is 0 Å². The van der Waals surface area contributed by atoms with Gasteiger partial charge in [0.2, 0.25) is 0 Å². The van der Waals surface area contributed by atoms with Gasteiger partial charge in [0.15, 0.2) is 0 Å². The molecule has 0 saturated heterocycles. The number of allylic oxidation sites excluding steroid dienone is 2. The Balaban J connectivity index is 2.32. The average molecular weight is 173 g/mol. The molecule has 0 spiro atoms. The van der Waals surface area contributed by atoms with E-state index in [1.54, 1.807) is 0 Å². The van der Waals surface area contributed by atoms with E-state index in [0.717, 1.165) is 0 Å². The van der Waals surface area contributed by atoms with E-state index in [0.29, 0.717) is 0 Å². The molecular formula is C4H6Sn. The van der Waals surface area contributed by atoms with Gasteiger partial charge in [0, 0.05) is 0 Å². The van der Waals surface area contributed by atoms with E-state index in [1.807, 2.05) is 0 Å². The fourth-order valence-corrected chi connectivity index (χ4v) is 2.80. The molecule has 0 unspecified atom stereocenters. The van der Waals surface area contributed by atoms with Gasteiger partial charge in [0.05, 0.1) is 0 Å². The third-order valence-corrected chi connectivity index (χ3v) is 3.68. The van der Waals surface area contributed by atoms with Crippen molar-refractivity contribution in [2.45, 2.75) is 8.87 Å². The Morgan fingerprint density at radius 2 is 1.80 bits per heavy atom. The van der Waals surface area contributed by atoms with Gasteiger partial charge in [0.1, 0.15) is 0 Å². The molecule has 1 aliphatic rings. The van der Waals surface area contributed by atoms with Crippen LogP contribution in [0.4, 0.5) is 0 Å². The zero-order valence-electron chi connectivity index (χ0n) is 3.07. The van der Waals surface area contributed by atoms with E-state index in [-0.39, 0.29) is 21.1 Å². The zero-order chi connectivity index (χ0) is 3.54. The summed E-state index contributed by atoms with van der Waals surface area (Å²) in [5, 5.41) is 0. The first-order valence-electron chi connectivity index (χ1n) is 1.86. The van der Waals surface area contributed by atoms with Crippen molar-refractivity contribution in [3.63, 3.8) is 0 Å². The molecule has 1 rings (SSSR count). The monoisotopic (exact) mass is 174 g/mol. The molecule has 5 heavy (non-hydrogen) atoms. The third-order valence-electron chi connectivity index (χ3n) is 0.691. The summed E-state index contributed by atoms with van der Waals surface area (Å²) in [6, 6.07) is 0. The van der Waals surface area contributed by atoms with Crippen molar-refractivity contribution in [1.82, 2.24) is 0 Å². The van der Waals surface area contributed by atoms with Crippen LogP contribution in [0.1, 0.15) is 0 Å². The maximum absolute atomic E-state index is 2.31. The summed E-state index contributed by atoms with van der Waals surface area (Å²) in [7, 11) is 0. The summed E-state index contributed by atoms with van der Waals surface area (Å²) < 4.78 is 2.98. The topological polar surface area (TPSA) is 0 Å². The first-order valence-corrected chi connectivity index (χ1v) is 5.89. The van der Waals surface area contributed by atoms with Crippen molar-refractivity contribution in [2.75, 3.05) is 0 Å². The molecule has 0 aromatic carbocycles. The fraction of sp³-hybridized carbons (Fsp3) is 0.500. The Hall–Kier alpha value is 0.539. The first kappa shape index (κ1) is 3.72. The summed E-state index contributed by atoms with van der Waals surface area (Å²) >= 11 is 0.218. The van der Waals surface area contributed by atoms with Crippen molar-refractivity contribution < 1.29 is 0 Å². The third kappa shape index (κ3) is 0.954. The van der Waals surface area contributed by atoms with Crippen LogP contribution in [0.5, 0.6) is 0 Å². The summed E-state index contributed by atoms with van der Waals surface area (Å²) in [6.45, 7) is 0. The second-order valence-corrected chi connectivity index (χ2v) is 4.89. The van der Waals surface area contributed by atoms with Gasteiger partial charge in [-0.1, -0.05) is 0 Å². The Labute approximate surface area is 42.5 Å². The van der Waals surface area contributed by atoms with Gasteiger partial charge < -0.3 is 0 Å². The van der Waals surface area contributed by atoms with Crippen molar-refractivity contribution in [1.29, 1.82) is 0 Å². The van der Waals surface area contributed by atoms with E-state index in [1.165, 1.54) is 8.87 Å². The molecule has 0 fully saturated rings. The zero-order valence-corrected chi connectivity index (χ0v) is 5.92. The summed E-state index contributed by atoms with van der Waals surface area (Å²) in [5.74, 6) is 0. The summed E-state index contributed by atoms with van der Waals surface area (Å²) in [5.41, 5.74) is 0. The molecule has 0 amide bonds. The average Bonchev–Trinajstić information content (AvgIpc) is 1.76. The molecule has 0 atom stereocenters. The first-order chi connectivity index (χ1) is 2.50. The Bertz CT molecular complexity index is 41.6. The number of hydrogen-bond donors (Lipinski definition) is 0. The quantitative estimate of drug-likeness (QED) is 0.379. The minimum atomic E-state index is 0.218. The van der Waals surface area contributed by atoms with Crippen molar-refractivity contribution in [3.05, 3.63) is 12.2 Å².